The summed E-state index contributed by atoms with van der Waals surface area (Å²) in [7, 11) is 0. The minimum absolute atomic E-state index is 0.863. The van der Waals surface area contributed by atoms with Crippen molar-refractivity contribution in [3.8, 4) is 0 Å². The number of nitrogens with zero attached hydrogens (tertiary/aromatic N) is 2. The van der Waals surface area contributed by atoms with E-state index < -0.39 is 0 Å². The monoisotopic (exact) mass is 346 g/mol. The highest BCUT2D eigenvalue weighted by Crippen LogP contribution is 2.26. The molecular weight excluding hydrogens is 324 g/mol. The second kappa shape index (κ2) is 10.3. The first-order valence-electron chi connectivity index (χ1n) is 6.76. The molecule has 0 aliphatic carbocycles. The van der Waals surface area contributed by atoms with Crippen molar-refractivity contribution >= 4 is 39.3 Å². The van der Waals surface area contributed by atoms with E-state index in [1.54, 1.807) is 6.33 Å². The Hall–Kier alpha value is -0.490. The molecule has 0 aromatic carbocycles. The van der Waals surface area contributed by atoms with Gasteiger partial charge in [0.2, 0.25) is 0 Å². The molecule has 0 aliphatic heterocycles. The van der Waals surface area contributed by atoms with Crippen LogP contribution in [0.25, 0.3) is 0 Å². The molecule has 19 heavy (non-hydrogen) atoms. The number of unbranched alkanes of at least 4 members (excludes halogenated alkanes) is 2. The first-order valence-corrected chi connectivity index (χ1v) is 8.95. The molecule has 0 spiro atoms. The van der Waals surface area contributed by atoms with Gasteiger partial charge in [0.05, 0.1) is 0 Å². The summed E-state index contributed by atoms with van der Waals surface area (Å²) in [6.07, 6.45) is 8.55. The molecule has 0 saturated heterocycles. The van der Waals surface area contributed by atoms with E-state index >= 15 is 0 Å². The molecule has 1 aromatic rings. The van der Waals surface area contributed by atoms with Gasteiger partial charge in [-0.15, -0.1) is 0 Å². The van der Waals surface area contributed by atoms with Crippen LogP contribution in [0.2, 0.25) is 0 Å². The molecule has 0 bridgehead atoms. The molecule has 0 radical (unpaired) electrons. The zero-order valence-electron chi connectivity index (χ0n) is 11.7. The number of hydrogen-bond donors (Lipinski definition) is 2. The SMILES string of the molecule is CCCNc1ncnc(NCCCCCSC)c1Br. The Labute approximate surface area is 128 Å². The van der Waals surface area contributed by atoms with Gasteiger partial charge >= 0.3 is 0 Å². The van der Waals surface area contributed by atoms with Crippen molar-refractivity contribution in [2.24, 2.45) is 0 Å². The first-order chi connectivity index (χ1) is 9.29. The summed E-state index contributed by atoms with van der Waals surface area (Å²) >= 11 is 5.46. The van der Waals surface area contributed by atoms with Crippen LogP contribution in [0.15, 0.2) is 10.8 Å². The van der Waals surface area contributed by atoms with Crippen molar-refractivity contribution in [2.45, 2.75) is 32.6 Å². The van der Waals surface area contributed by atoms with Crippen LogP contribution in [0.4, 0.5) is 11.6 Å². The largest absolute Gasteiger partial charge is 0.369 e. The molecule has 4 nitrogen and oxygen atoms in total. The zero-order valence-corrected chi connectivity index (χ0v) is 14.1. The number of thioether (sulfide) groups is 1. The summed E-state index contributed by atoms with van der Waals surface area (Å²) in [6.45, 7) is 4.01. The van der Waals surface area contributed by atoms with Gasteiger partial charge in [-0.2, -0.15) is 11.8 Å². The highest BCUT2D eigenvalue weighted by molar-refractivity contribution is 9.10. The van der Waals surface area contributed by atoms with Gasteiger partial charge in [-0.1, -0.05) is 13.3 Å². The van der Waals surface area contributed by atoms with Gasteiger partial charge in [0.25, 0.3) is 0 Å². The maximum absolute atomic E-state index is 4.27. The quantitative estimate of drug-likeness (QED) is 0.627. The van der Waals surface area contributed by atoms with Crippen molar-refractivity contribution in [1.82, 2.24) is 9.97 Å². The molecule has 108 valence electrons. The fourth-order valence-electron chi connectivity index (χ4n) is 1.61. The van der Waals surface area contributed by atoms with E-state index in [2.05, 4.69) is 49.7 Å². The summed E-state index contributed by atoms with van der Waals surface area (Å²) in [5.41, 5.74) is 0. The maximum atomic E-state index is 4.27. The van der Waals surface area contributed by atoms with Crippen molar-refractivity contribution in [1.29, 1.82) is 0 Å². The van der Waals surface area contributed by atoms with Gasteiger partial charge in [0, 0.05) is 13.1 Å². The maximum Gasteiger partial charge on any atom is 0.145 e. The van der Waals surface area contributed by atoms with Crippen molar-refractivity contribution in [3.63, 3.8) is 0 Å². The fourth-order valence-corrected chi connectivity index (χ4v) is 2.59. The van der Waals surface area contributed by atoms with Crippen LogP contribution in [-0.4, -0.2) is 35.1 Å². The Morgan fingerprint density at radius 2 is 1.79 bits per heavy atom. The van der Waals surface area contributed by atoms with Crippen molar-refractivity contribution < 1.29 is 0 Å². The summed E-state index contributed by atoms with van der Waals surface area (Å²) < 4.78 is 0.924. The number of halogens is 1. The van der Waals surface area contributed by atoms with Gasteiger partial charge in [-0.05, 0) is 47.2 Å². The summed E-state index contributed by atoms with van der Waals surface area (Å²) in [5.74, 6) is 2.99. The molecule has 6 heteroatoms. The molecule has 0 aliphatic rings. The smallest absolute Gasteiger partial charge is 0.145 e. The van der Waals surface area contributed by atoms with E-state index in [0.717, 1.165) is 35.6 Å². The van der Waals surface area contributed by atoms with Crippen LogP contribution >= 0.6 is 27.7 Å². The summed E-state index contributed by atoms with van der Waals surface area (Å²) in [4.78, 5) is 8.50. The van der Waals surface area contributed by atoms with Gasteiger partial charge in [-0.3, -0.25) is 0 Å². The van der Waals surface area contributed by atoms with Crippen LogP contribution in [0.5, 0.6) is 0 Å². The number of hydrogen-bond acceptors (Lipinski definition) is 5. The second-order valence-electron chi connectivity index (χ2n) is 4.29. The third-order valence-corrected chi connectivity index (χ3v) is 4.10. The van der Waals surface area contributed by atoms with Crippen molar-refractivity contribution in [2.75, 3.05) is 35.7 Å². The Kier molecular flexibility index (Phi) is 8.99. The van der Waals surface area contributed by atoms with Gasteiger partial charge < -0.3 is 10.6 Å². The third-order valence-electron chi connectivity index (χ3n) is 2.65. The molecule has 0 atom stereocenters. The highest BCUT2D eigenvalue weighted by Gasteiger charge is 2.07. The minimum Gasteiger partial charge on any atom is -0.369 e. The average molecular weight is 347 g/mol. The Morgan fingerprint density at radius 3 is 2.42 bits per heavy atom. The Balaban J connectivity index is 2.36. The Morgan fingerprint density at radius 1 is 1.11 bits per heavy atom. The van der Waals surface area contributed by atoms with E-state index in [-0.39, 0.29) is 0 Å². The first kappa shape index (κ1) is 16.6. The molecule has 1 heterocycles. The number of anilines is 2. The minimum atomic E-state index is 0.863. The van der Waals surface area contributed by atoms with E-state index in [0.29, 0.717) is 0 Å². The lowest BCUT2D eigenvalue weighted by Crippen LogP contribution is -2.08. The third kappa shape index (κ3) is 6.47. The van der Waals surface area contributed by atoms with Crippen LogP contribution in [0.1, 0.15) is 32.6 Å². The number of aromatic nitrogens is 2. The van der Waals surface area contributed by atoms with Crippen LogP contribution in [0, 0.1) is 0 Å². The standard InChI is InChI=1S/C13H23BrN4S/c1-3-7-15-12-11(14)13(18-10-17-12)16-8-5-4-6-9-19-2/h10H,3-9H2,1-2H3,(H2,15,16,17,18). The van der Waals surface area contributed by atoms with Crippen LogP contribution < -0.4 is 10.6 Å². The van der Waals surface area contributed by atoms with Gasteiger partial charge in [0.1, 0.15) is 22.4 Å². The fraction of sp³-hybridized carbons (Fsp3) is 0.692. The molecule has 0 saturated carbocycles. The lowest BCUT2D eigenvalue weighted by molar-refractivity contribution is 0.747. The number of nitrogens with one attached hydrogen (secondary N) is 2. The summed E-state index contributed by atoms with van der Waals surface area (Å²) in [6, 6.07) is 0. The van der Waals surface area contributed by atoms with Crippen LogP contribution in [0.3, 0.4) is 0 Å². The average Bonchev–Trinajstić information content (AvgIpc) is 2.43. The Bertz CT molecular complexity index is 362. The molecule has 0 amide bonds. The van der Waals surface area contributed by atoms with E-state index in [1.807, 2.05) is 11.8 Å². The van der Waals surface area contributed by atoms with E-state index in [9.17, 15) is 0 Å². The normalized spacial score (nSPS) is 10.5. The second-order valence-corrected chi connectivity index (χ2v) is 6.07. The number of rotatable bonds is 10. The molecule has 2 N–H and O–H groups in total. The molecule has 0 unspecified atom stereocenters. The predicted molar refractivity (Wildman–Crippen MR) is 89.2 cm³/mol. The van der Waals surface area contributed by atoms with Crippen molar-refractivity contribution in [3.05, 3.63) is 10.8 Å². The zero-order chi connectivity index (χ0) is 13.9. The van der Waals surface area contributed by atoms with E-state index in [4.69, 9.17) is 0 Å². The van der Waals surface area contributed by atoms with Gasteiger partial charge in [0.15, 0.2) is 0 Å². The van der Waals surface area contributed by atoms with E-state index in [1.165, 1.54) is 25.0 Å². The predicted octanol–water partition coefficient (Wildman–Crippen LogP) is 4.01. The lowest BCUT2D eigenvalue weighted by Gasteiger charge is -2.11. The molecule has 1 rings (SSSR count). The highest BCUT2D eigenvalue weighted by atomic mass is 79.9. The topological polar surface area (TPSA) is 49.8 Å². The molecular formula is C13H23BrN4S. The molecule has 1 aromatic heterocycles. The molecule has 0 fully saturated rings. The van der Waals surface area contributed by atoms with Gasteiger partial charge in [-0.25, -0.2) is 9.97 Å². The van der Waals surface area contributed by atoms with Crippen LogP contribution in [-0.2, 0) is 0 Å². The summed E-state index contributed by atoms with van der Waals surface area (Å²) in [5, 5.41) is 6.64. The lowest BCUT2D eigenvalue weighted by atomic mass is 10.2.